The molecular formula is C47H33NS. The third kappa shape index (κ3) is 4.31. The fourth-order valence-electron chi connectivity index (χ4n) is 8.19. The summed E-state index contributed by atoms with van der Waals surface area (Å²) in [6, 6.07) is 60.7. The molecule has 49 heavy (non-hydrogen) atoms. The standard InChI is InChI=1S/C47H33NS/c1-47(2)42-17-9-7-14-37(42)38-25-21-31(27-43(38)47)30-19-22-33(23-20-30)48(34-24-26-46-41(29-34)40-16-8-10-18-45(40)49-46)44-28-32-11-3-4-12-35(32)36-13-5-6-15-39(36)44/h3-29H,1-2H3. The van der Waals surface area contributed by atoms with Crippen LogP contribution in [-0.2, 0) is 5.41 Å². The Balaban J connectivity index is 1.15. The highest BCUT2D eigenvalue weighted by atomic mass is 32.1. The van der Waals surface area contributed by atoms with Crippen molar-refractivity contribution in [3.05, 3.63) is 175 Å². The summed E-state index contributed by atoms with van der Waals surface area (Å²) in [5.74, 6) is 0. The first-order valence-corrected chi connectivity index (χ1v) is 17.8. The molecule has 1 heterocycles. The maximum atomic E-state index is 2.45. The predicted molar refractivity (Wildman–Crippen MR) is 212 cm³/mol. The molecule has 0 atom stereocenters. The lowest BCUT2D eigenvalue weighted by Crippen LogP contribution is -2.14. The van der Waals surface area contributed by atoms with Gasteiger partial charge in [-0.25, -0.2) is 0 Å². The molecule has 0 fully saturated rings. The van der Waals surface area contributed by atoms with Crippen molar-refractivity contribution in [1.82, 2.24) is 0 Å². The summed E-state index contributed by atoms with van der Waals surface area (Å²) in [5, 5.41) is 7.62. The molecule has 1 nitrogen and oxygen atoms in total. The maximum absolute atomic E-state index is 2.45. The van der Waals surface area contributed by atoms with Crippen LogP contribution >= 0.6 is 11.3 Å². The monoisotopic (exact) mass is 643 g/mol. The molecule has 0 saturated heterocycles. The fraction of sp³-hybridized carbons (Fsp3) is 0.0638. The van der Waals surface area contributed by atoms with E-state index < -0.39 is 0 Å². The lowest BCUT2D eigenvalue weighted by molar-refractivity contribution is 0.660. The van der Waals surface area contributed by atoms with Crippen LogP contribution in [0.4, 0.5) is 17.1 Å². The Labute approximate surface area is 290 Å². The fourth-order valence-corrected chi connectivity index (χ4v) is 9.27. The van der Waals surface area contributed by atoms with Crippen LogP contribution in [0.1, 0.15) is 25.0 Å². The zero-order valence-electron chi connectivity index (χ0n) is 27.4. The van der Waals surface area contributed by atoms with E-state index in [4.69, 9.17) is 0 Å². The van der Waals surface area contributed by atoms with Crippen LogP contribution in [0.15, 0.2) is 164 Å². The molecule has 0 amide bonds. The van der Waals surface area contributed by atoms with E-state index in [0.717, 1.165) is 11.4 Å². The zero-order valence-corrected chi connectivity index (χ0v) is 28.3. The largest absolute Gasteiger partial charge is 0.310 e. The van der Waals surface area contributed by atoms with E-state index >= 15 is 0 Å². The molecule has 9 aromatic rings. The Morgan fingerprint density at radius 1 is 0.429 bits per heavy atom. The molecule has 0 unspecified atom stereocenters. The van der Waals surface area contributed by atoms with Gasteiger partial charge in [-0.3, -0.25) is 0 Å². The molecule has 0 bridgehead atoms. The minimum Gasteiger partial charge on any atom is -0.310 e. The number of nitrogens with zero attached hydrogens (tertiary/aromatic N) is 1. The van der Waals surface area contributed by atoms with Crippen LogP contribution in [-0.4, -0.2) is 0 Å². The number of fused-ring (bicyclic) bond motifs is 9. The summed E-state index contributed by atoms with van der Waals surface area (Å²) < 4.78 is 2.63. The Morgan fingerprint density at radius 3 is 1.92 bits per heavy atom. The Hall–Kier alpha value is -5.70. The third-order valence-electron chi connectivity index (χ3n) is 10.6. The van der Waals surface area contributed by atoms with Gasteiger partial charge in [0.15, 0.2) is 0 Å². The molecule has 0 radical (unpaired) electrons. The lowest BCUT2D eigenvalue weighted by Gasteiger charge is -2.28. The second-order valence-corrected chi connectivity index (χ2v) is 14.8. The molecule has 0 saturated carbocycles. The van der Waals surface area contributed by atoms with Crippen LogP contribution in [0.25, 0.3) is 64.0 Å². The van der Waals surface area contributed by atoms with Crippen LogP contribution in [0.5, 0.6) is 0 Å². The molecule has 0 N–H and O–H groups in total. The van der Waals surface area contributed by atoms with Gasteiger partial charge in [0.05, 0.1) is 5.69 Å². The van der Waals surface area contributed by atoms with Crippen molar-refractivity contribution >= 4 is 70.1 Å². The van der Waals surface area contributed by atoms with Gasteiger partial charge in [0, 0.05) is 42.3 Å². The van der Waals surface area contributed by atoms with E-state index in [1.54, 1.807) is 0 Å². The molecule has 1 aliphatic rings. The summed E-state index contributed by atoms with van der Waals surface area (Å²) in [4.78, 5) is 2.45. The number of thiophene rings is 1. The quantitative estimate of drug-likeness (QED) is 0.173. The van der Waals surface area contributed by atoms with Crippen LogP contribution < -0.4 is 4.90 Å². The average molecular weight is 644 g/mol. The molecule has 232 valence electrons. The summed E-state index contributed by atoms with van der Waals surface area (Å²) in [6.07, 6.45) is 0. The van der Waals surface area contributed by atoms with Gasteiger partial charge >= 0.3 is 0 Å². The Bertz CT molecular complexity index is 2750. The van der Waals surface area contributed by atoms with E-state index in [2.05, 4.69) is 183 Å². The number of benzene rings is 8. The summed E-state index contributed by atoms with van der Waals surface area (Å²) in [6.45, 7) is 4.70. The molecule has 10 rings (SSSR count). The van der Waals surface area contributed by atoms with Gasteiger partial charge in [-0.2, -0.15) is 0 Å². The molecular weight excluding hydrogens is 611 g/mol. The lowest BCUT2D eigenvalue weighted by atomic mass is 9.81. The highest BCUT2D eigenvalue weighted by molar-refractivity contribution is 7.25. The normalized spacial score (nSPS) is 13.3. The Kier molecular flexibility index (Phi) is 6.16. The van der Waals surface area contributed by atoms with Gasteiger partial charge in [-0.15, -0.1) is 11.3 Å². The summed E-state index contributed by atoms with van der Waals surface area (Å²) in [7, 11) is 0. The third-order valence-corrected chi connectivity index (χ3v) is 11.8. The van der Waals surface area contributed by atoms with Crippen molar-refractivity contribution in [2.75, 3.05) is 4.90 Å². The van der Waals surface area contributed by atoms with E-state index in [0.29, 0.717) is 0 Å². The van der Waals surface area contributed by atoms with E-state index in [-0.39, 0.29) is 5.41 Å². The first-order valence-electron chi connectivity index (χ1n) is 17.0. The van der Waals surface area contributed by atoms with Gasteiger partial charge in [0.1, 0.15) is 0 Å². The highest BCUT2D eigenvalue weighted by Crippen LogP contribution is 2.50. The van der Waals surface area contributed by atoms with Crippen LogP contribution in [0.3, 0.4) is 0 Å². The van der Waals surface area contributed by atoms with Gasteiger partial charge in [0.25, 0.3) is 0 Å². The predicted octanol–water partition coefficient (Wildman–Crippen LogP) is 13.8. The summed E-state index contributed by atoms with van der Waals surface area (Å²) in [5.41, 5.74) is 11.4. The van der Waals surface area contributed by atoms with Gasteiger partial charge in [-0.05, 0) is 98.1 Å². The van der Waals surface area contributed by atoms with Crippen molar-refractivity contribution in [3.8, 4) is 22.3 Å². The van der Waals surface area contributed by atoms with Gasteiger partial charge in [0.2, 0.25) is 0 Å². The molecule has 1 aliphatic carbocycles. The molecule has 2 heteroatoms. The van der Waals surface area contributed by atoms with E-state index in [9.17, 15) is 0 Å². The van der Waals surface area contributed by atoms with E-state index in [1.807, 2.05) is 11.3 Å². The number of hydrogen-bond donors (Lipinski definition) is 0. The minimum atomic E-state index is -0.0275. The second kappa shape index (κ2) is 10.7. The zero-order chi connectivity index (χ0) is 32.7. The van der Waals surface area contributed by atoms with Crippen LogP contribution in [0.2, 0.25) is 0 Å². The molecule has 0 aliphatic heterocycles. The molecule has 1 aromatic heterocycles. The van der Waals surface area contributed by atoms with Crippen molar-refractivity contribution in [3.63, 3.8) is 0 Å². The minimum absolute atomic E-state index is 0.0275. The molecule has 8 aromatic carbocycles. The average Bonchev–Trinajstić information content (AvgIpc) is 3.63. The van der Waals surface area contributed by atoms with Crippen molar-refractivity contribution in [2.24, 2.45) is 0 Å². The van der Waals surface area contributed by atoms with Crippen molar-refractivity contribution in [1.29, 1.82) is 0 Å². The van der Waals surface area contributed by atoms with Crippen molar-refractivity contribution in [2.45, 2.75) is 19.3 Å². The van der Waals surface area contributed by atoms with Gasteiger partial charge in [-0.1, -0.05) is 129 Å². The maximum Gasteiger partial charge on any atom is 0.0546 e. The van der Waals surface area contributed by atoms with Crippen LogP contribution in [0, 0.1) is 0 Å². The highest BCUT2D eigenvalue weighted by Gasteiger charge is 2.35. The van der Waals surface area contributed by atoms with Gasteiger partial charge < -0.3 is 4.90 Å². The van der Waals surface area contributed by atoms with E-state index in [1.165, 1.54) is 80.8 Å². The number of hydrogen-bond acceptors (Lipinski definition) is 2. The number of anilines is 3. The smallest absolute Gasteiger partial charge is 0.0546 e. The number of rotatable bonds is 4. The Morgan fingerprint density at radius 2 is 1.06 bits per heavy atom. The SMILES string of the molecule is CC1(C)c2ccccc2-c2ccc(-c3ccc(N(c4ccc5sc6ccccc6c5c4)c4cc5ccccc5c5ccccc45)cc3)cc21. The first kappa shape index (κ1) is 28.3. The topological polar surface area (TPSA) is 3.24 Å². The first-order chi connectivity index (χ1) is 24.0. The molecule has 0 spiro atoms. The second-order valence-electron chi connectivity index (χ2n) is 13.8. The summed E-state index contributed by atoms with van der Waals surface area (Å²) >= 11 is 1.86. The van der Waals surface area contributed by atoms with Crippen molar-refractivity contribution < 1.29 is 0 Å².